The van der Waals surface area contributed by atoms with Gasteiger partial charge in [0.2, 0.25) is 0 Å². The molecule has 0 radical (unpaired) electrons. The largest absolute Gasteiger partial charge is 0.494 e. The van der Waals surface area contributed by atoms with Crippen LogP contribution in [0.4, 0.5) is 4.39 Å². The van der Waals surface area contributed by atoms with Gasteiger partial charge < -0.3 is 15.4 Å². The van der Waals surface area contributed by atoms with E-state index in [1.807, 2.05) is 0 Å². The molecule has 4 nitrogen and oxygen atoms in total. The van der Waals surface area contributed by atoms with Crippen molar-refractivity contribution in [3.05, 3.63) is 29.6 Å². The van der Waals surface area contributed by atoms with Gasteiger partial charge in [0.15, 0.2) is 11.6 Å². The number of piperidine rings is 1. The molecule has 1 aliphatic rings. The van der Waals surface area contributed by atoms with Gasteiger partial charge in [0, 0.05) is 18.7 Å². The van der Waals surface area contributed by atoms with E-state index in [4.69, 9.17) is 4.74 Å². The minimum Gasteiger partial charge on any atom is -0.494 e. The van der Waals surface area contributed by atoms with Crippen LogP contribution in [0.3, 0.4) is 0 Å². The van der Waals surface area contributed by atoms with Gasteiger partial charge in [-0.2, -0.15) is 0 Å². The Kier molecular flexibility index (Phi) is 4.60. The lowest BCUT2D eigenvalue weighted by Gasteiger charge is -2.34. The number of benzene rings is 1. The maximum absolute atomic E-state index is 13.6. The van der Waals surface area contributed by atoms with E-state index in [9.17, 15) is 9.18 Å². The first-order valence-electron chi connectivity index (χ1n) is 6.86. The van der Waals surface area contributed by atoms with Crippen LogP contribution in [0.2, 0.25) is 0 Å². The minimum atomic E-state index is -0.523. The van der Waals surface area contributed by atoms with Gasteiger partial charge in [-0.25, -0.2) is 4.39 Å². The van der Waals surface area contributed by atoms with Gasteiger partial charge in [-0.05, 0) is 43.0 Å². The molecule has 1 unspecified atom stereocenters. The summed E-state index contributed by atoms with van der Waals surface area (Å²) < 4.78 is 18.4. The third kappa shape index (κ3) is 3.48. The Bertz CT molecular complexity index is 485. The van der Waals surface area contributed by atoms with Gasteiger partial charge in [0.25, 0.3) is 5.91 Å². The lowest BCUT2D eigenvalue weighted by atomic mass is 9.83. The predicted octanol–water partition coefficient (Wildman–Crippen LogP) is 1.95. The summed E-state index contributed by atoms with van der Waals surface area (Å²) >= 11 is 0. The molecule has 0 spiro atoms. The molecule has 1 aliphatic heterocycles. The molecule has 0 saturated carbocycles. The first kappa shape index (κ1) is 14.8. The Hall–Kier alpha value is -1.62. The van der Waals surface area contributed by atoms with E-state index in [2.05, 4.69) is 17.6 Å². The third-order valence-electron chi connectivity index (χ3n) is 3.78. The van der Waals surface area contributed by atoms with Gasteiger partial charge >= 0.3 is 0 Å². The molecule has 0 aromatic heterocycles. The monoisotopic (exact) mass is 280 g/mol. The SMILES string of the molecule is COc1ccc(C(=O)NCC2(C)CCCNC2)cc1F. The topological polar surface area (TPSA) is 50.4 Å². The van der Waals surface area contributed by atoms with Crippen molar-refractivity contribution in [2.24, 2.45) is 5.41 Å². The van der Waals surface area contributed by atoms with Crippen LogP contribution in [0, 0.1) is 11.2 Å². The molecule has 1 fully saturated rings. The van der Waals surface area contributed by atoms with Crippen molar-refractivity contribution < 1.29 is 13.9 Å². The summed E-state index contributed by atoms with van der Waals surface area (Å²) in [6.07, 6.45) is 2.20. The zero-order valence-electron chi connectivity index (χ0n) is 12.0. The predicted molar refractivity (Wildman–Crippen MR) is 75.5 cm³/mol. The molecule has 1 saturated heterocycles. The molecule has 110 valence electrons. The Labute approximate surface area is 118 Å². The van der Waals surface area contributed by atoms with Crippen molar-refractivity contribution in [3.8, 4) is 5.75 Å². The van der Waals surface area contributed by atoms with E-state index in [1.165, 1.54) is 19.2 Å². The summed E-state index contributed by atoms with van der Waals surface area (Å²) in [5, 5.41) is 6.22. The summed E-state index contributed by atoms with van der Waals surface area (Å²) in [4.78, 5) is 12.0. The first-order chi connectivity index (χ1) is 9.54. The van der Waals surface area contributed by atoms with Gasteiger partial charge in [0.1, 0.15) is 0 Å². The highest BCUT2D eigenvalue weighted by Gasteiger charge is 2.27. The molecule has 20 heavy (non-hydrogen) atoms. The lowest BCUT2D eigenvalue weighted by molar-refractivity contribution is 0.0924. The molecule has 1 aromatic carbocycles. The maximum atomic E-state index is 13.6. The number of carbonyl (C=O) groups excluding carboxylic acids is 1. The molecule has 5 heteroatoms. The zero-order valence-corrected chi connectivity index (χ0v) is 12.0. The van der Waals surface area contributed by atoms with Gasteiger partial charge in [-0.1, -0.05) is 6.92 Å². The number of hydrogen-bond acceptors (Lipinski definition) is 3. The van der Waals surface area contributed by atoms with E-state index in [1.54, 1.807) is 6.07 Å². The Morgan fingerprint density at radius 3 is 2.95 bits per heavy atom. The van der Waals surface area contributed by atoms with Crippen molar-refractivity contribution in [3.63, 3.8) is 0 Å². The number of carbonyl (C=O) groups is 1. The van der Waals surface area contributed by atoms with Gasteiger partial charge in [-0.15, -0.1) is 0 Å². The Morgan fingerprint density at radius 2 is 2.35 bits per heavy atom. The molecular weight excluding hydrogens is 259 g/mol. The van der Waals surface area contributed by atoms with Crippen molar-refractivity contribution in [1.82, 2.24) is 10.6 Å². The van der Waals surface area contributed by atoms with Crippen LogP contribution in [-0.4, -0.2) is 32.7 Å². The van der Waals surface area contributed by atoms with E-state index >= 15 is 0 Å². The molecule has 1 aromatic rings. The highest BCUT2D eigenvalue weighted by molar-refractivity contribution is 5.94. The average molecular weight is 280 g/mol. The normalized spacial score (nSPS) is 22.4. The molecule has 2 rings (SSSR count). The number of rotatable bonds is 4. The summed E-state index contributed by atoms with van der Waals surface area (Å²) in [6, 6.07) is 4.24. The summed E-state index contributed by atoms with van der Waals surface area (Å²) in [5.41, 5.74) is 0.384. The zero-order chi connectivity index (χ0) is 14.6. The Balaban J connectivity index is 1.96. The van der Waals surface area contributed by atoms with Crippen LogP contribution in [0.15, 0.2) is 18.2 Å². The molecule has 0 bridgehead atoms. The van der Waals surface area contributed by atoms with E-state index in [0.29, 0.717) is 12.1 Å². The van der Waals surface area contributed by atoms with Crippen molar-refractivity contribution in [1.29, 1.82) is 0 Å². The van der Waals surface area contributed by atoms with Crippen molar-refractivity contribution in [2.75, 3.05) is 26.7 Å². The number of ether oxygens (including phenoxy) is 1. The standard InChI is InChI=1S/C15H21FN2O2/c1-15(6-3-7-17-9-15)10-18-14(19)11-4-5-13(20-2)12(16)8-11/h4-5,8,17H,3,6-7,9-10H2,1-2H3,(H,18,19). The smallest absolute Gasteiger partial charge is 0.251 e. The van der Waals surface area contributed by atoms with Crippen LogP contribution < -0.4 is 15.4 Å². The van der Waals surface area contributed by atoms with Crippen molar-refractivity contribution in [2.45, 2.75) is 19.8 Å². The van der Waals surface area contributed by atoms with Crippen LogP contribution in [0.5, 0.6) is 5.75 Å². The fraction of sp³-hybridized carbons (Fsp3) is 0.533. The van der Waals surface area contributed by atoms with Crippen LogP contribution in [0.25, 0.3) is 0 Å². The second-order valence-corrected chi connectivity index (χ2v) is 5.62. The molecule has 1 heterocycles. The van der Waals surface area contributed by atoms with E-state index in [0.717, 1.165) is 25.9 Å². The molecule has 0 aliphatic carbocycles. The quantitative estimate of drug-likeness (QED) is 0.886. The Morgan fingerprint density at radius 1 is 1.55 bits per heavy atom. The van der Waals surface area contributed by atoms with Crippen LogP contribution in [-0.2, 0) is 0 Å². The highest BCUT2D eigenvalue weighted by Crippen LogP contribution is 2.24. The summed E-state index contributed by atoms with van der Waals surface area (Å²) in [6.45, 7) is 4.66. The van der Waals surface area contributed by atoms with Crippen molar-refractivity contribution >= 4 is 5.91 Å². The first-order valence-corrected chi connectivity index (χ1v) is 6.86. The second-order valence-electron chi connectivity index (χ2n) is 5.62. The van der Waals surface area contributed by atoms with Crippen LogP contribution >= 0.6 is 0 Å². The number of methoxy groups -OCH3 is 1. The minimum absolute atomic E-state index is 0.0684. The fourth-order valence-corrected chi connectivity index (χ4v) is 2.47. The summed E-state index contributed by atoms with van der Waals surface area (Å²) in [5.74, 6) is -0.631. The van der Waals surface area contributed by atoms with Crippen LogP contribution in [0.1, 0.15) is 30.1 Å². The molecule has 1 atom stereocenters. The van der Waals surface area contributed by atoms with E-state index < -0.39 is 5.82 Å². The maximum Gasteiger partial charge on any atom is 0.251 e. The molecule has 1 amide bonds. The number of halogens is 1. The average Bonchev–Trinajstić information content (AvgIpc) is 2.45. The molecular formula is C15H21FN2O2. The fourth-order valence-electron chi connectivity index (χ4n) is 2.47. The highest BCUT2D eigenvalue weighted by atomic mass is 19.1. The lowest BCUT2D eigenvalue weighted by Crippen LogP contribution is -2.45. The third-order valence-corrected chi connectivity index (χ3v) is 3.78. The van der Waals surface area contributed by atoms with Gasteiger partial charge in [0.05, 0.1) is 7.11 Å². The summed E-state index contributed by atoms with van der Waals surface area (Å²) in [7, 11) is 1.40. The molecule has 2 N–H and O–H groups in total. The number of hydrogen-bond donors (Lipinski definition) is 2. The van der Waals surface area contributed by atoms with Gasteiger partial charge in [-0.3, -0.25) is 4.79 Å². The number of amides is 1. The van der Waals surface area contributed by atoms with E-state index in [-0.39, 0.29) is 17.1 Å². The number of nitrogens with one attached hydrogen (secondary N) is 2. The second kappa shape index (κ2) is 6.22.